The van der Waals surface area contributed by atoms with Crippen LogP contribution in [0.1, 0.15) is 19.4 Å². The van der Waals surface area contributed by atoms with Crippen molar-refractivity contribution in [2.45, 2.75) is 13.8 Å². The van der Waals surface area contributed by atoms with Crippen molar-refractivity contribution < 1.29 is 4.42 Å². The van der Waals surface area contributed by atoms with Crippen LogP contribution in [0.25, 0.3) is 11.0 Å². The molecule has 0 unspecified atom stereocenters. The Kier molecular flexibility index (Phi) is 4.06. The fraction of sp³-hybridized carbons (Fsp3) is 0.200. The molecule has 3 rings (SSSR count). The van der Waals surface area contributed by atoms with Gasteiger partial charge in [0.25, 0.3) is 0 Å². The van der Waals surface area contributed by atoms with Gasteiger partial charge >= 0.3 is 5.63 Å². The molecule has 2 aromatic rings. The third-order valence-corrected chi connectivity index (χ3v) is 3.79. The minimum Gasteiger partial charge on any atom is -0.422 e. The molecule has 0 saturated carbocycles. The second-order valence-electron chi connectivity index (χ2n) is 4.90. The summed E-state index contributed by atoms with van der Waals surface area (Å²) in [4.78, 5) is 12.1. The number of amidine groups is 1. The zero-order valence-corrected chi connectivity index (χ0v) is 13.0. The second-order valence-corrected chi connectivity index (χ2v) is 5.86. The van der Waals surface area contributed by atoms with Crippen molar-refractivity contribution in [3.8, 4) is 0 Å². The van der Waals surface area contributed by atoms with E-state index in [0.29, 0.717) is 27.8 Å². The number of nitrogens with one attached hydrogen (secondary N) is 1. The highest BCUT2D eigenvalue weighted by Crippen LogP contribution is 2.16. The van der Waals surface area contributed by atoms with Crippen molar-refractivity contribution in [2.24, 2.45) is 15.3 Å². The fourth-order valence-corrected chi connectivity index (χ4v) is 2.62. The van der Waals surface area contributed by atoms with Crippen LogP contribution >= 0.6 is 11.8 Å². The number of fused-ring (bicyclic) bond motifs is 1. The molecule has 1 aliphatic rings. The smallest absolute Gasteiger partial charge is 0.345 e. The molecule has 1 aliphatic heterocycles. The number of hydrazone groups is 1. The van der Waals surface area contributed by atoms with E-state index in [1.54, 1.807) is 12.1 Å². The third-order valence-electron chi connectivity index (χ3n) is 2.93. The van der Waals surface area contributed by atoms with E-state index in [2.05, 4.69) is 20.7 Å². The molecule has 22 heavy (non-hydrogen) atoms. The van der Waals surface area contributed by atoms with E-state index in [1.165, 1.54) is 11.8 Å². The lowest BCUT2D eigenvalue weighted by Crippen LogP contribution is -2.28. The molecule has 1 N–H and O–H groups in total. The van der Waals surface area contributed by atoms with Gasteiger partial charge in [-0.25, -0.2) is 4.79 Å². The molecule has 6 nitrogen and oxygen atoms in total. The quantitative estimate of drug-likeness (QED) is 0.525. The summed E-state index contributed by atoms with van der Waals surface area (Å²) < 4.78 is 5.33. The maximum Gasteiger partial charge on any atom is 0.345 e. The van der Waals surface area contributed by atoms with Crippen molar-refractivity contribution >= 4 is 39.3 Å². The van der Waals surface area contributed by atoms with E-state index in [4.69, 9.17) is 4.42 Å². The van der Waals surface area contributed by atoms with Crippen LogP contribution < -0.4 is 11.1 Å². The summed E-state index contributed by atoms with van der Waals surface area (Å²) in [7, 11) is 0. The van der Waals surface area contributed by atoms with Crippen molar-refractivity contribution in [3.05, 3.63) is 46.3 Å². The number of hydrogen-bond donors (Lipinski definition) is 1. The van der Waals surface area contributed by atoms with Crippen LogP contribution in [0, 0.1) is 0 Å². The summed E-state index contributed by atoms with van der Waals surface area (Å²) >= 11 is 1.44. The average molecular weight is 314 g/mol. The number of para-hydroxylation sites is 1. The van der Waals surface area contributed by atoms with E-state index in [1.807, 2.05) is 32.0 Å². The Morgan fingerprint density at radius 2 is 2.18 bits per heavy atom. The van der Waals surface area contributed by atoms with Gasteiger partial charge in [0.2, 0.25) is 5.17 Å². The molecule has 2 heterocycles. The fourth-order valence-electron chi connectivity index (χ4n) is 1.91. The van der Waals surface area contributed by atoms with E-state index >= 15 is 0 Å². The lowest BCUT2D eigenvalue weighted by Gasteiger charge is -2.13. The van der Waals surface area contributed by atoms with Gasteiger partial charge in [-0.15, -0.1) is 5.10 Å². The number of hydrogen-bond acceptors (Lipinski definition) is 6. The van der Waals surface area contributed by atoms with Crippen LogP contribution in [-0.4, -0.2) is 22.3 Å². The lowest BCUT2D eigenvalue weighted by atomic mass is 10.1. The standard InChI is InChI=1S/C15H14N4O2S/c1-9(2)16-18-15-19-17-12(8-22-15)11-7-10-5-3-4-6-13(10)21-14(11)20/h3-7H,8H2,1-2H3,(H,18,19). The molecule has 0 radical (unpaired) electrons. The van der Waals surface area contributed by atoms with Crippen molar-refractivity contribution in [1.82, 2.24) is 5.43 Å². The van der Waals surface area contributed by atoms with Gasteiger partial charge in [0.05, 0.1) is 11.3 Å². The SMILES string of the molecule is CC(C)=N/N=C1\NN=C(c2cc3ccccc3oc2=O)CS1. The van der Waals surface area contributed by atoms with Crippen LogP contribution in [0.3, 0.4) is 0 Å². The Morgan fingerprint density at radius 1 is 1.36 bits per heavy atom. The summed E-state index contributed by atoms with van der Waals surface area (Å²) in [6, 6.07) is 9.21. The Morgan fingerprint density at radius 3 is 2.91 bits per heavy atom. The van der Waals surface area contributed by atoms with Crippen LogP contribution in [0.4, 0.5) is 0 Å². The first kappa shape index (κ1) is 14.5. The van der Waals surface area contributed by atoms with Crippen molar-refractivity contribution in [2.75, 3.05) is 5.75 Å². The van der Waals surface area contributed by atoms with Crippen molar-refractivity contribution in [1.29, 1.82) is 0 Å². The minimum absolute atomic E-state index is 0.386. The summed E-state index contributed by atoms with van der Waals surface area (Å²) in [6.07, 6.45) is 0. The van der Waals surface area contributed by atoms with Crippen LogP contribution in [0.15, 0.2) is 54.8 Å². The normalized spacial score (nSPS) is 16.3. The minimum atomic E-state index is -0.386. The van der Waals surface area contributed by atoms with Crippen LogP contribution in [0.2, 0.25) is 0 Å². The Balaban J connectivity index is 1.93. The molecule has 1 aromatic carbocycles. The van der Waals surface area contributed by atoms with E-state index in [0.717, 1.165) is 11.1 Å². The van der Waals surface area contributed by atoms with Gasteiger partial charge in [-0.05, 0) is 26.0 Å². The average Bonchev–Trinajstić information content (AvgIpc) is 2.53. The van der Waals surface area contributed by atoms with Gasteiger partial charge in [0.15, 0.2) is 0 Å². The summed E-state index contributed by atoms with van der Waals surface area (Å²) in [6.45, 7) is 3.74. The number of rotatable bonds is 2. The van der Waals surface area contributed by atoms with Crippen LogP contribution in [0.5, 0.6) is 0 Å². The molecule has 0 bridgehead atoms. The third kappa shape index (κ3) is 3.09. The highest BCUT2D eigenvalue weighted by Gasteiger charge is 2.17. The van der Waals surface area contributed by atoms with Crippen LogP contribution in [-0.2, 0) is 0 Å². The molecule has 7 heteroatoms. The number of benzene rings is 1. The van der Waals surface area contributed by atoms with Crippen molar-refractivity contribution in [3.63, 3.8) is 0 Å². The van der Waals surface area contributed by atoms with E-state index in [9.17, 15) is 4.79 Å². The zero-order valence-electron chi connectivity index (χ0n) is 12.2. The lowest BCUT2D eigenvalue weighted by molar-refractivity contribution is 0.559. The van der Waals surface area contributed by atoms with Gasteiger partial charge in [0.1, 0.15) is 5.58 Å². The van der Waals surface area contributed by atoms with Gasteiger partial charge in [-0.2, -0.15) is 10.2 Å². The first-order valence-corrected chi connectivity index (χ1v) is 7.69. The monoisotopic (exact) mass is 314 g/mol. The van der Waals surface area contributed by atoms with E-state index in [-0.39, 0.29) is 5.63 Å². The molecule has 0 spiro atoms. The second kappa shape index (κ2) is 6.15. The highest BCUT2D eigenvalue weighted by molar-refractivity contribution is 8.14. The molecular weight excluding hydrogens is 300 g/mol. The van der Waals surface area contributed by atoms with Gasteiger partial charge < -0.3 is 4.42 Å². The molecule has 112 valence electrons. The predicted molar refractivity (Wildman–Crippen MR) is 90.8 cm³/mol. The number of thioether (sulfide) groups is 1. The predicted octanol–water partition coefficient (Wildman–Crippen LogP) is 2.59. The maximum atomic E-state index is 12.1. The number of nitrogens with zero attached hydrogens (tertiary/aromatic N) is 3. The molecular formula is C15H14N4O2S. The topological polar surface area (TPSA) is 79.3 Å². The van der Waals surface area contributed by atoms with Gasteiger partial charge in [-0.1, -0.05) is 30.0 Å². The molecule has 0 fully saturated rings. The van der Waals surface area contributed by atoms with Gasteiger partial charge in [-0.3, -0.25) is 5.43 Å². The summed E-state index contributed by atoms with van der Waals surface area (Å²) in [5.74, 6) is 0.535. The Labute approximate surface area is 131 Å². The maximum absolute atomic E-state index is 12.1. The zero-order chi connectivity index (χ0) is 15.5. The summed E-state index contributed by atoms with van der Waals surface area (Å²) in [5, 5.41) is 13.7. The summed E-state index contributed by atoms with van der Waals surface area (Å²) in [5.41, 5.74) is 4.96. The Hall–Kier alpha value is -2.41. The molecule has 0 saturated heterocycles. The highest BCUT2D eigenvalue weighted by atomic mass is 32.2. The first-order valence-electron chi connectivity index (χ1n) is 6.71. The van der Waals surface area contributed by atoms with Gasteiger partial charge in [0, 0.05) is 16.9 Å². The van der Waals surface area contributed by atoms with E-state index < -0.39 is 0 Å². The molecule has 0 aliphatic carbocycles. The molecule has 1 aromatic heterocycles. The molecule has 0 amide bonds. The molecule has 0 atom stereocenters. The largest absolute Gasteiger partial charge is 0.422 e. The first-order chi connectivity index (χ1) is 10.6. The Bertz CT molecular complexity index is 863.